The molecule has 1 unspecified atom stereocenters. The first kappa shape index (κ1) is 14.7. The van der Waals surface area contributed by atoms with E-state index < -0.39 is 5.60 Å². The van der Waals surface area contributed by atoms with E-state index in [0.29, 0.717) is 19.7 Å². The molecule has 1 aromatic heterocycles. The van der Waals surface area contributed by atoms with Crippen LogP contribution in [0.3, 0.4) is 0 Å². The lowest BCUT2D eigenvalue weighted by Gasteiger charge is -2.42. The third kappa shape index (κ3) is 3.26. The fourth-order valence-electron chi connectivity index (χ4n) is 2.48. The van der Waals surface area contributed by atoms with Gasteiger partial charge in [0.05, 0.1) is 18.3 Å². The summed E-state index contributed by atoms with van der Waals surface area (Å²) in [6, 6.07) is 3.18. The van der Waals surface area contributed by atoms with E-state index in [2.05, 4.69) is 4.98 Å². The largest absolute Gasteiger partial charge is 0.382 e. The quantitative estimate of drug-likeness (QED) is 0.882. The van der Waals surface area contributed by atoms with Gasteiger partial charge in [0, 0.05) is 26.4 Å². The van der Waals surface area contributed by atoms with E-state index in [1.54, 1.807) is 18.1 Å². The second kappa shape index (κ2) is 5.76. The molecule has 1 amide bonds. The molecule has 6 nitrogen and oxygen atoms in total. The minimum atomic E-state index is -0.460. The van der Waals surface area contributed by atoms with E-state index in [9.17, 15) is 9.59 Å². The Bertz CT molecular complexity index is 538. The standard InChI is InChI=1S/C14H20N2O4/c1-14(2)9-16(7-10(20-14)8-19-3)13(18)11-5-4-6-15-12(11)17/h4-6,10H,7-9H2,1-3H3,(H,15,17). The van der Waals surface area contributed by atoms with Crippen LogP contribution in [0.2, 0.25) is 0 Å². The number of nitrogens with zero attached hydrogens (tertiary/aromatic N) is 1. The molecule has 1 fully saturated rings. The van der Waals surface area contributed by atoms with E-state index >= 15 is 0 Å². The Morgan fingerprint density at radius 3 is 3.00 bits per heavy atom. The van der Waals surface area contributed by atoms with Gasteiger partial charge in [-0.25, -0.2) is 0 Å². The highest BCUT2D eigenvalue weighted by atomic mass is 16.5. The SMILES string of the molecule is COCC1CN(C(=O)c2ccc[nH]c2=O)CC(C)(C)O1. The van der Waals surface area contributed by atoms with E-state index in [1.807, 2.05) is 13.8 Å². The van der Waals surface area contributed by atoms with Crippen LogP contribution in [0.1, 0.15) is 24.2 Å². The van der Waals surface area contributed by atoms with E-state index in [1.165, 1.54) is 12.3 Å². The van der Waals surface area contributed by atoms with Gasteiger partial charge in [-0.1, -0.05) is 0 Å². The maximum Gasteiger partial charge on any atom is 0.260 e. The number of amides is 1. The Morgan fingerprint density at radius 2 is 2.35 bits per heavy atom. The van der Waals surface area contributed by atoms with Gasteiger partial charge in [0.1, 0.15) is 5.56 Å². The number of methoxy groups -OCH3 is 1. The smallest absolute Gasteiger partial charge is 0.260 e. The first-order valence-corrected chi connectivity index (χ1v) is 6.57. The monoisotopic (exact) mass is 280 g/mol. The number of carbonyl (C=O) groups excluding carboxylic acids is 1. The summed E-state index contributed by atoms with van der Waals surface area (Å²) in [5, 5.41) is 0. The minimum absolute atomic E-state index is 0.154. The summed E-state index contributed by atoms with van der Waals surface area (Å²) >= 11 is 0. The third-order valence-corrected chi connectivity index (χ3v) is 3.17. The molecule has 0 aliphatic carbocycles. The highest BCUT2D eigenvalue weighted by molar-refractivity contribution is 5.93. The topological polar surface area (TPSA) is 71.6 Å². The Hall–Kier alpha value is -1.66. The predicted octanol–water partition coefficient (Wildman–Crippen LogP) is 0.641. The highest BCUT2D eigenvalue weighted by Crippen LogP contribution is 2.22. The van der Waals surface area contributed by atoms with Gasteiger partial charge >= 0.3 is 0 Å². The lowest BCUT2D eigenvalue weighted by Crippen LogP contribution is -2.56. The van der Waals surface area contributed by atoms with E-state index in [-0.39, 0.29) is 23.1 Å². The van der Waals surface area contributed by atoms with Gasteiger partial charge in [0.2, 0.25) is 0 Å². The number of hydrogen-bond acceptors (Lipinski definition) is 4. The summed E-state index contributed by atoms with van der Waals surface area (Å²) in [6.45, 7) is 5.12. The number of aromatic amines is 1. The molecule has 0 saturated carbocycles. The van der Waals surface area contributed by atoms with Gasteiger partial charge in [-0.2, -0.15) is 0 Å². The molecule has 0 bridgehead atoms. The number of hydrogen-bond donors (Lipinski definition) is 1. The second-order valence-corrected chi connectivity index (χ2v) is 5.55. The van der Waals surface area contributed by atoms with Crippen molar-refractivity contribution >= 4 is 5.91 Å². The number of carbonyl (C=O) groups is 1. The Kier molecular flexibility index (Phi) is 4.25. The van der Waals surface area contributed by atoms with Crippen LogP contribution in [0.5, 0.6) is 0 Å². The highest BCUT2D eigenvalue weighted by Gasteiger charge is 2.36. The Balaban J connectivity index is 2.21. The van der Waals surface area contributed by atoms with Crippen LogP contribution in [-0.4, -0.2) is 54.3 Å². The summed E-state index contributed by atoms with van der Waals surface area (Å²) in [6.07, 6.45) is 1.33. The van der Waals surface area contributed by atoms with Crippen molar-refractivity contribution in [3.8, 4) is 0 Å². The first-order chi connectivity index (χ1) is 9.43. The number of ether oxygens (including phenoxy) is 2. The number of H-pyrrole nitrogens is 1. The predicted molar refractivity (Wildman–Crippen MR) is 73.8 cm³/mol. The van der Waals surface area contributed by atoms with Crippen molar-refractivity contribution in [3.63, 3.8) is 0 Å². The minimum Gasteiger partial charge on any atom is -0.382 e. The van der Waals surface area contributed by atoms with Gasteiger partial charge in [-0.05, 0) is 26.0 Å². The van der Waals surface area contributed by atoms with Gasteiger partial charge in [-0.3, -0.25) is 9.59 Å². The van der Waals surface area contributed by atoms with E-state index in [0.717, 1.165) is 0 Å². The van der Waals surface area contributed by atoms with Gasteiger partial charge < -0.3 is 19.4 Å². The Labute approximate surface area is 117 Å². The number of nitrogens with one attached hydrogen (secondary N) is 1. The average molecular weight is 280 g/mol. The second-order valence-electron chi connectivity index (χ2n) is 5.55. The lowest BCUT2D eigenvalue weighted by molar-refractivity contribution is -0.143. The van der Waals surface area contributed by atoms with Crippen LogP contribution < -0.4 is 5.56 Å². The zero-order chi connectivity index (χ0) is 14.8. The number of rotatable bonds is 3. The van der Waals surface area contributed by atoms with Crippen molar-refractivity contribution in [2.75, 3.05) is 26.8 Å². The van der Waals surface area contributed by atoms with Crippen molar-refractivity contribution in [1.29, 1.82) is 0 Å². The van der Waals surface area contributed by atoms with Crippen molar-refractivity contribution in [2.24, 2.45) is 0 Å². The molecule has 1 N–H and O–H groups in total. The van der Waals surface area contributed by atoms with Crippen LogP contribution >= 0.6 is 0 Å². The fraction of sp³-hybridized carbons (Fsp3) is 0.571. The summed E-state index contributed by atoms with van der Waals surface area (Å²) in [4.78, 5) is 28.3. The van der Waals surface area contributed by atoms with Crippen LogP contribution in [0.4, 0.5) is 0 Å². The molecule has 1 atom stereocenters. The molecule has 110 valence electrons. The molecule has 0 aromatic carbocycles. The molecule has 2 heterocycles. The molecule has 1 aromatic rings. The van der Waals surface area contributed by atoms with Crippen molar-refractivity contribution in [3.05, 3.63) is 34.2 Å². The molecule has 2 rings (SSSR count). The fourth-order valence-corrected chi connectivity index (χ4v) is 2.48. The number of aromatic nitrogens is 1. The van der Waals surface area contributed by atoms with Crippen molar-refractivity contribution < 1.29 is 14.3 Å². The summed E-state index contributed by atoms with van der Waals surface area (Å²) in [5.41, 5.74) is -0.676. The zero-order valence-electron chi connectivity index (χ0n) is 12.0. The van der Waals surface area contributed by atoms with Crippen molar-refractivity contribution in [1.82, 2.24) is 9.88 Å². The number of pyridine rings is 1. The Morgan fingerprint density at radius 1 is 1.60 bits per heavy atom. The molecule has 0 radical (unpaired) electrons. The molecular formula is C14H20N2O4. The van der Waals surface area contributed by atoms with Crippen LogP contribution in [0.25, 0.3) is 0 Å². The summed E-state index contributed by atoms with van der Waals surface area (Å²) in [5.74, 6) is -0.274. The van der Waals surface area contributed by atoms with Crippen LogP contribution in [-0.2, 0) is 9.47 Å². The molecule has 1 aliphatic heterocycles. The van der Waals surface area contributed by atoms with Gasteiger partial charge in [-0.15, -0.1) is 0 Å². The van der Waals surface area contributed by atoms with Crippen molar-refractivity contribution in [2.45, 2.75) is 25.6 Å². The normalized spacial score (nSPS) is 21.8. The lowest BCUT2D eigenvalue weighted by atomic mass is 10.0. The van der Waals surface area contributed by atoms with E-state index in [4.69, 9.17) is 9.47 Å². The molecule has 1 saturated heterocycles. The maximum atomic E-state index is 12.5. The summed E-state index contributed by atoms with van der Waals surface area (Å²) in [7, 11) is 1.60. The third-order valence-electron chi connectivity index (χ3n) is 3.17. The molecule has 1 aliphatic rings. The maximum absolute atomic E-state index is 12.5. The zero-order valence-corrected chi connectivity index (χ0v) is 12.0. The number of morpholine rings is 1. The van der Waals surface area contributed by atoms with Gasteiger partial charge in [0.15, 0.2) is 0 Å². The van der Waals surface area contributed by atoms with Crippen LogP contribution in [0, 0.1) is 0 Å². The average Bonchev–Trinajstić information content (AvgIpc) is 2.37. The molecular weight excluding hydrogens is 260 g/mol. The van der Waals surface area contributed by atoms with Crippen LogP contribution in [0.15, 0.2) is 23.1 Å². The van der Waals surface area contributed by atoms with Gasteiger partial charge in [0.25, 0.3) is 11.5 Å². The molecule has 0 spiro atoms. The molecule has 6 heteroatoms. The summed E-state index contributed by atoms with van der Waals surface area (Å²) < 4.78 is 11.0. The first-order valence-electron chi connectivity index (χ1n) is 6.57. The molecule has 20 heavy (non-hydrogen) atoms.